The van der Waals surface area contributed by atoms with Crippen molar-refractivity contribution in [1.29, 1.82) is 0 Å². The molecule has 0 spiro atoms. The van der Waals surface area contributed by atoms with E-state index in [0.717, 1.165) is 5.56 Å². The van der Waals surface area contributed by atoms with Crippen molar-refractivity contribution < 1.29 is 9.90 Å². The number of halogens is 1. The normalized spacial score (nSPS) is 10.3. The molecule has 2 rings (SSSR count). The van der Waals surface area contributed by atoms with Gasteiger partial charge in [0.2, 0.25) is 0 Å². The topological polar surface area (TPSA) is 50.2 Å². The van der Waals surface area contributed by atoms with Gasteiger partial charge >= 0.3 is 5.97 Å². The third kappa shape index (κ3) is 2.83. The Kier molecular flexibility index (Phi) is 3.89. The fourth-order valence-corrected chi connectivity index (χ4v) is 2.68. The number of aryl methyl sites for hydroxylation is 1. The zero-order valence-electron chi connectivity index (χ0n) is 9.55. The molecule has 0 aliphatic rings. The van der Waals surface area contributed by atoms with Crippen molar-refractivity contribution in [1.82, 2.24) is 4.98 Å². The van der Waals surface area contributed by atoms with Crippen LogP contribution in [0.2, 0.25) is 5.02 Å². The van der Waals surface area contributed by atoms with Gasteiger partial charge in [-0.15, -0.1) is 0 Å². The fraction of sp³-hybridized carbons (Fsp3) is 0.0769. The predicted octanol–water partition coefficient (Wildman–Crippen LogP) is 3.89. The Morgan fingerprint density at radius 2 is 2.17 bits per heavy atom. The van der Waals surface area contributed by atoms with E-state index in [0.29, 0.717) is 14.9 Å². The van der Waals surface area contributed by atoms with E-state index in [2.05, 4.69) is 4.98 Å². The van der Waals surface area contributed by atoms with E-state index < -0.39 is 5.97 Å². The molecule has 92 valence electrons. The Bertz CT molecular complexity index is 601. The van der Waals surface area contributed by atoms with Gasteiger partial charge in [-0.2, -0.15) is 0 Å². The van der Waals surface area contributed by atoms with Crippen molar-refractivity contribution in [3.63, 3.8) is 0 Å². The van der Waals surface area contributed by atoms with Crippen molar-refractivity contribution in [3.8, 4) is 0 Å². The summed E-state index contributed by atoms with van der Waals surface area (Å²) in [7, 11) is 0. The van der Waals surface area contributed by atoms with Gasteiger partial charge in [0.15, 0.2) is 0 Å². The van der Waals surface area contributed by atoms with E-state index >= 15 is 0 Å². The quantitative estimate of drug-likeness (QED) is 0.926. The number of rotatable bonds is 3. The average Bonchev–Trinajstić information content (AvgIpc) is 2.32. The number of carboxylic acids is 1. The number of hydrogen-bond acceptors (Lipinski definition) is 3. The minimum atomic E-state index is -0.954. The van der Waals surface area contributed by atoms with E-state index in [4.69, 9.17) is 16.7 Å². The Hall–Kier alpha value is -1.52. The Balaban J connectivity index is 2.42. The van der Waals surface area contributed by atoms with Crippen LogP contribution in [0.25, 0.3) is 0 Å². The molecule has 1 aromatic heterocycles. The van der Waals surface area contributed by atoms with E-state index in [-0.39, 0.29) is 5.56 Å². The molecule has 5 heteroatoms. The van der Waals surface area contributed by atoms with Gasteiger partial charge in [-0.1, -0.05) is 29.4 Å². The van der Waals surface area contributed by atoms with Gasteiger partial charge in [0.25, 0.3) is 0 Å². The second-order valence-electron chi connectivity index (χ2n) is 3.70. The number of aromatic carboxylic acids is 1. The van der Waals surface area contributed by atoms with Crippen molar-refractivity contribution in [3.05, 3.63) is 52.7 Å². The lowest BCUT2D eigenvalue weighted by molar-refractivity contribution is 0.0693. The molecule has 2 aromatic rings. The SMILES string of the molecule is Cc1ccc(C(=O)O)c(Sc2ncccc2Cl)c1. The summed E-state index contributed by atoms with van der Waals surface area (Å²) in [6.07, 6.45) is 1.63. The number of aromatic nitrogens is 1. The van der Waals surface area contributed by atoms with E-state index in [1.54, 1.807) is 30.5 Å². The standard InChI is InChI=1S/C13H10ClNO2S/c1-8-4-5-9(13(16)17)11(7-8)18-12-10(14)3-2-6-15-12/h2-7H,1H3,(H,16,17). The zero-order valence-corrected chi connectivity index (χ0v) is 11.1. The fourth-order valence-electron chi connectivity index (χ4n) is 1.44. The van der Waals surface area contributed by atoms with Crippen molar-refractivity contribution >= 4 is 29.3 Å². The van der Waals surface area contributed by atoms with Gasteiger partial charge in [-0.25, -0.2) is 9.78 Å². The first-order valence-electron chi connectivity index (χ1n) is 5.20. The van der Waals surface area contributed by atoms with Crippen LogP contribution in [0.4, 0.5) is 0 Å². The minimum Gasteiger partial charge on any atom is -0.478 e. The second-order valence-corrected chi connectivity index (χ2v) is 5.14. The van der Waals surface area contributed by atoms with Crippen molar-refractivity contribution in [2.24, 2.45) is 0 Å². The number of hydrogen-bond donors (Lipinski definition) is 1. The summed E-state index contributed by atoms with van der Waals surface area (Å²) in [5, 5.41) is 10.3. The van der Waals surface area contributed by atoms with Crippen LogP contribution >= 0.6 is 23.4 Å². The van der Waals surface area contributed by atoms with Crippen LogP contribution in [0.5, 0.6) is 0 Å². The monoisotopic (exact) mass is 279 g/mol. The summed E-state index contributed by atoms with van der Waals surface area (Å²) in [6, 6.07) is 8.65. The largest absolute Gasteiger partial charge is 0.478 e. The van der Waals surface area contributed by atoms with E-state index in [9.17, 15) is 4.79 Å². The molecule has 0 atom stereocenters. The van der Waals surface area contributed by atoms with Gasteiger partial charge < -0.3 is 5.11 Å². The highest BCUT2D eigenvalue weighted by molar-refractivity contribution is 7.99. The number of nitrogens with zero attached hydrogens (tertiary/aromatic N) is 1. The Morgan fingerprint density at radius 1 is 1.39 bits per heavy atom. The smallest absolute Gasteiger partial charge is 0.336 e. The highest BCUT2D eigenvalue weighted by atomic mass is 35.5. The molecule has 18 heavy (non-hydrogen) atoms. The highest BCUT2D eigenvalue weighted by Gasteiger charge is 2.13. The van der Waals surface area contributed by atoms with Crippen LogP contribution in [-0.2, 0) is 0 Å². The lowest BCUT2D eigenvalue weighted by Crippen LogP contribution is -1.99. The lowest BCUT2D eigenvalue weighted by Gasteiger charge is -2.07. The van der Waals surface area contributed by atoms with Crippen LogP contribution in [0.1, 0.15) is 15.9 Å². The van der Waals surface area contributed by atoms with Gasteiger partial charge in [0, 0.05) is 11.1 Å². The first-order chi connectivity index (χ1) is 8.58. The molecule has 3 nitrogen and oxygen atoms in total. The number of pyridine rings is 1. The molecule has 0 aliphatic carbocycles. The Labute approximate surface area is 114 Å². The van der Waals surface area contributed by atoms with Crippen LogP contribution in [0.15, 0.2) is 46.5 Å². The summed E-state index contributed by atoms with van der Waals surface area (Å²) < 4.78 is 0. The molecule has 1 heterocycles. The van der Waals surface area contributed by atoms with Crippen molar-refractivity contribution in [2.45, 2.75) is 16.8 Å². The summed E-state index contributed by atoms with van der Waals surface area (Å²) in [5.74, 6) is -0.954. The van der Waals surface area contributed by atoms with Gasteiger partial charge in [-0.3, -0.25) is 0 Å². The maximum Gasteiger partial charge on any atom is 0.336 e. The van der Waals surface area contributed by atoms with Crippen molar-refractivity contribution in [2.75, 3.05) is 0 Å². The van der Waals surface area contributed by atoms with Crippen LogP contribution in [0, 0.1) is 6.92 Å². The molecule has 1 aromatic carbocycles. The molecule has 0 saturated heterocycles. The Morgan fingerprint density at radius 3 is 2.83 bits per heavy atom. The summed E-state index contributed by atoms with van der Waals surface area (Å²) in [4.78, 5) is 15.9. The molecule has 0 fully saturated rings. The molecule has 1 N–H and O–H groups in total. The predicted molar refractivity (Wildman–Crippen MR) is 71.5 cm³/mol. The zero-order chi connectivity index (χ0) is 13.1. The minimum absolute atomic E-state index is 0.257. The molecular weight excluding hydrogens is 270 g/mol. The first-order valence-corrected chi connectivity index (χ1v) is 6.39. The van der Waals surface area contributed by atoms with Crippen LogP contribution in [-0.4, -0.2) is 16.1 Å². The first kappa shape index (κ1) is 12.9. The molecular formula is C13H10ClNO2S. The second kappa shape index (κ2) is 5.42. The molecule has 0 aliphatic heterocycles. The van der Waals surface area contributed by atoms with Crippen LogP contribution < -0.4 is 0 Å². The molecule has 0 saturated carbocycles. The van der Waals surface area contributed by atoms with Gasteiger partial charge in [-0.05, 0) is 36.8 Å². The van der Waals surface area contributed by atoms with E-state index in [1.165, 1.54) is 11.8 Å². The number of carbonyl (C=O) groups is 1. The van der Waals surface area contributed by atoms with E-state index in [1.807, 2.05) is 13.0 Å². The average molecular weight is 280 g/mol. The van der Waals surface area contributed by atoms with Crippen LogP contribution in [0.3, 0.4) is 0 Å². The molecule has 0 amide bonds. The third-order valence-corrected chi connectivity index (χ3v) is 3.79. The van der Waals surface area contributed by atoms with Gasteiger partial charge in [0.05, 0.1) is 10.6 Å². The summed E-state index contributed by atoms with van der Waals surface area (Å²) in [5.41, 5.74) is 1.25. The summed E-state index contributed by atoms with van der Waals surface area (Å²) in [6.45, 7) is 1.91. The van der Waals surface area contributed by atoms with Gasteiger partial charge in [0.1, 0.15) is 5.03 Å². The number of carboxylic acid groups (broad SMARTS) is 1. The summed E-state index contributed by atoms with van der Waals surface area (Å²) >= 11 is 7.27. The number of benzene rings is 1. The lowest BCUT2D eigenvalue weighted by atomic mass is 10.1. The highest BCUT2D eigenvalue weighted by Crippen LogP contribution is 2.33. The maximum atomic E-state index is 11.1. The molecule has 0 radical (unpaired) electrons. The maximum absolute atomic E-state index is 11.1. The third-order valence-electron chi connectivity index (χ3n) is 2.30. The molecule has 0 unspecified atom stereocenters. The molecule has 0 bridgehead atoms.